The highest BCUT2D eigenvalue weighted by Gasteiger charge is 2.59. The van der Waals surface area contributed by atoms with E-state index in [9.17, 15) is 4.79 Å². The van der Waals surface area contributed by atoms with Crippen LogP contribution in [0, 0.1) is 0 Å². The van der Waals surface area contributed by atoms with Crippen molar-refractivity contribution in [3.8, 4) is 0 Å². The molecule has 0 radical (unpaired) electrons. The van der Waals surface area contributed by atoms with Crippen LogP contribution in [-0.2, 0) is 9.53 Å². The monoisotopic (exact) mass is 343 g/mol. The van der Waals surface area contributed by atoms with E-state index < -0.39 is 5.60 Å². The van der Waals surface area contributed by atoms with E-state index >= 15 is 0 Å². The maximum atomic E-state index is 12.2. The number of hydrogen-bond acceptors (Lipinski definition) is 3. The van der Waals surface area contributed by atoms with Crippen LogP contribution < -0.4 is 0 Å². The third-order valence-electron chi connectivity index (χ3n) is 5.77. The van der Waals surface area contributed by atoms with E-state index in [1.165, 1.54) is 5.56 Å². The molecule has 1 aromatic carbocycles. The van der Waals surface area contributed by atoms with Crippen molar-refractivity contribution >= 4 is 17.6 Å². The molecule has 1 aliphatic carbocycles. The predicted octanol–water partition coefficient (Wildman–Crippen LogP) is 4.35. The van der Waals surface area contributed by atoms with Gasteiger partial charge in [-0.2, -0.15) is 0 Å². The zero-order valence-electron chi connectivity index (χ0n) is 13.7. The number of hydrogen-bond donors (Lipinski definition) is 0. The molecule has 1 saturated heterocycles. The molecule has 4 heteroatoms. The van der Waals surface area contributed by atoms with Gasteiger partial charge in [0.2, 0.25) is 0 Å². The highest BCUT2D eigenvalue weighted by molar-refractivity contribution is 6.42. The van der Waals surface area contributed by atoms with Crippen molar-refractivity contribution in [3.63, 3.8) is 0 Å². The topological polar surface area (TPSA) is 29.5 Å². The SMILES string of the molecule is C=CCN1[C@@H](c2ccccc2)CC2=C(Cl)C(=O)O[C@@]23CCCC[C@@H]13. The van der Waals surface area contributed by atoms with E-state index in [2.05, 4.69) is 35.7 Å². The summed E-state index contributed by atoms with van der Waals surface area (Å²) in [6.45, 7) is 4.73. The van der Waals surface area contributed by atoms with Crippen molar-refractivity contribution in [3.05, 3.63) is 59.2 Å². The van der Waals surface area contributed by atoms with Crippen molar-refractivity contribution in [2.24, 2.45) is 0 Å². The maximum Gasteiger partial charge on any atom is 0.350 e. The van der Waals surface area contributed by atoms with Gasteiger partial charge in [-0.15, -0.1) is 6.58 Å². The van der Waals surface area contributed by atoms with Gasteiger partial charge < -0.3 is 4.74 Å². The molecular formula is C20H22ClNO2. The lowest BCUT2D eigenvalue weighted by Crippen LogP contribution is -2.60. The standard InChI is InChI=1S/C20H22ClNO2/c1-2-12-22-16(14-8-4-3-5-9-14)13-15-18(21)19(23)24-20(15)11-7-6-10-17(20)22/h2-5,8-9,16-17H,1,6-7,10-13H2/t16-,17-,20+/m1/s1. The largest absolute Gasteiger partial charge is 0.449 e. The van der Waals surface area contributed by atoms with Crippen LogP contribution >= 0.6 is 11.6 Å². The van der Waals surface area contributed by atoms with Crippen LogP contribution in [0.1, 0.15) is 43.7 Å². The number of piperidine rings is 1. The Morgan fingerprint density at radius 1 is 1.33 bits per heavy atom. The summed E-state index contributed by atoms with van der Waals surface area (Å²) in [6.07, 6.45) is 6.84. The smallest absolute Gasteiger partial charge is 0.350 e. The van der Waals surface area contributed by atoms with Crippen molar-refractivity contribution in [2.75, 3.05) is 6.54 Å². The van der Waals surface area contributed by atoms with Gasteiger partial charge in [0.15, 0.2) is 5.60 Å². The lowest BCUT2D eigenvalue weighted by atomic mass is 9.69. The van der Waals surface area contributed by atoms with Crippen LogP contribution in [0.2, 0.25) is 0 Å². The molecule has 1 aromatic rings. The fourth-order valence-electron chi connectivity index (χ4n) is 4.79. The molecule has 0 unspecified atom stereocenters. The zero-order chi connectivity index (χ0) is 16.7. The van der Waals surface area contributed by atoms with E-state index in [0.717, 1.165) is 44.2 Å². The Labute approximate surface area is 147 Å². The minimum absolute atomic E-state index is 0.179. The second kappa shape index (κ2) is 6.05. The second-order valence-corrected chi connectivity index (χ2v) is 7.33. The van der Waals surface area contributed by atoms with E-state index in [1.807, 2.05) is 12.1 Å². The summed E-state index contributed by atoms with van der Waals surface area (Å²) < 4.78 is 5.91. The number of carbonyl (C=O) groups excluding carboxylic acids is 1. The molecule has 0 amide bonds. The fourth-order valence-corrected chi connectivity index (χ4v) is 5.06. The fraction of sp³-hybridized carbons (Fsp3) is 0.450. The lowest BCUT2D eigenvalue weighted by Gasteiger charge is -2.53. The zero-order valence-corrected chi connectivity index (χ0v) is 14.5. The molecular weight excluding hydrogens is 322 g/mol. The average molecular weight is 344 g/mol. The Kier molecular flexibility index (Phi) is 4.01. The summed E-state index contributed by atoms with van der Waals surface area (Å²) in [7, 11) is 0. The van der Waals surface area contributed by atoms with Crippen molar-refractivity contribution < 1.29 is 9.53 Å². The Bertz CT molecular complexity index is 699. The molecule has 1 spiro atoms. The van der Waals surface area contributed by atoms with Gasteiger partial charge in [0.1, 0.15) is 5.03 Å². The summed E-state index contributed by atoms with van der Waals surface area (Å²) in [5, 5.41) is 0.320. The Morgan fingerprint density at radius 2 is 2.12 bits per heavy atom. The molecule has 4 rings (SSSR count). The normalized spacial score (nSPS) is 33.0. The number of benzene rings is 1. The van der Waals surface area contributed by atoms with Gasteiger partial charge in [-0.3, -0.25) is 4.90 Å². The number of rotatable bonds is 3. The molecule has 3 aliphatic rings. The summed E-state index contributed by atoms with van der Waals surface area (Å²) in [5.74, 6) is -0.342. The number of likely N-dealkylation sites (tertiary alicyclic amines) is 1. The number of carbonyl (C=O) groups is 1. The number of nitrogens with zero attached hydrogens (tertiary/aromatic N) is 1. The second-order valence-electron chi connectivity index (χ2n) is 6.95. The van der Waals surface area contributed by atoms with Gasteiger partial charge in [0.05, 0.1) is 6.04 Å². The average Bonchev–Trinajstić information content (AvgIpc) is 2.85. The predicted molar refractivity (Wildman–Crippen MR) is 94.7 cm³/mol. The van der Waals surface area contributed by atoms with Gasteiger partial charge in [0, 0.05) is 18.2 Å². The van der Waals surface area contributed by atoms with Crippen LogP contribution in [-0.4, -0.2) is 29.1 Å². The summed E-state index contributed by atoms with van der Waals surface area (Å²) >= 11 is 6.39. The van der Waals surface area contributed by atoms with Crippen molar-refractivity contribution in [1.29, 1.82) is 0 Å². The van der Waals surface area contributed by atoms with Crippen LogP contribution in [0.4, 0.5) is 0 Å². The summed E-state index contributed by atoms with van der Waals surface area (Å²) in [6, 6.07) is 10.9. The quantitative estimate of drug-likeness (QED) is 0.603. The first-order valence-electron chi connectivity index (χ1n) is 8.71. The molecule has 2 aliphatic heterocycles. The van der Waals surface area contributed by atoms with Crippen molar-refractivity contribution in [1.82, 2.24) is 4.90 Å². The molecule has 0 N–H and O–H groups in total. The Balaban J connectivity index is 1.82. The van der Waals surface area contributed by atoms with E-state index in [-0.39, 0.29) is 18.1 Å². The van der Waals surface area contributed by atoms with E-state index in [0.29, 0.717) is 5.03 Å². The highest BCUT2D eigenvalue weighted by atomic mass is 35.5. The third kappa shape index (κ3) is 2.26. The Morgan fingerprint density at radius 3 is 2.88 bits per heavy atom. The van der Waals surface area contributed by atoms with Gasteiger partial charge in [-0.05, 0) is 31.2 Å². The molecule has 2 heterocycles. The molecule has 3 nitrogen and oxygen atoms in total. The van der Waals surface area contributed by atoms with Crippen LogP contribution in [0.3, 0.4) is 0 Å². The molecule has 2 fully saturated rings. The first-order valence-corrected chi connectivity index (χ1v) is 9.09. The van der Waals surface area contributed by atoms with E-state index in [1.54, 1.807) is 0 Å². The lowest BCUT2D eigenvalue weighted by molar-refractivity contribution is -0.160. The molecule has 1 saturated carbocycles. The first kappa shape index (κ1) is 15.9. The molecule has 0 aromatic heterocycles. The molecule has 126 valence electrons. The van der Waals surface area contributed by atoms with Crippen molar-refractivity contribution in [2.45, 2.75) is 49.8 Å². The van der Waals surface area contributed by atoms with Gasteiger partial charge in [-0.25, -0.2) is 4.79 Å². The molecule has 3 atom stereocenters. The summed E-state index contributed by atoms with van der Waals surface area (Å²) in [5.41, 5.74) is 1.77. The maximum absolute atomic E-state index is 12.2. The van der Waals surface area contributed by atoms with Crippen LogP contribution in [0.25, 0.3) is 0 Å². The number of esters is 1. The first-order chi connectivity index (χ1) is 11.7. The highest BCUT2D eigenvalue weighted by Crippen LogP contribution is 2.55. The minimum Gasteiger partial charge on any atom is -0.449 e. The number of ether oxygens (including phenoxy) is 1. The van der Waals surface area contributed by atoms with Gasteiger partial charge in [-0.1, -0.05) is 54.4 Å². The number of halogens is 1. The van der Waals surface area contributed by atoms with Crippen LogP contribution in [0.5, 0.6) is 0 Å². The third-order valence-corrected chi connectivity index (χ3v) is 6.15. The Hall–Kier alpha value is -1.58. The summed E-state index contributed by atoms with van der Waals surface area (Å²) in [4.78, 5) is 14.7. The molecule has 24 heavy (non-hydrogen) atoms. The molecule has 0 bridgehead atoms. The van der Waals surface area contributed by atoms with E-state index in [4.69, 9.17) is 16.3 Å². The van der Waals surface area contributed by atoms with Gasteiger partial charge >= 0.3 is 5.97 Å². The van der Waals surface area contributed by atoms with Crippen LogP contribution in [0.15, 0.2) is 53.6 Å². The van der Waals surface area contributed by atoms with Gasteiger partial charge in [0.25, 0.3) is 0 Å². The minimum atomic E-state index is -0.513.